The molecule has 1 fully saturated rings. The highest BCUT2D eigenvalue weighted by Gasteiger charge is 2.47. The second-order valence-corrected chi connectivity index (χ2v) is 5.83. The second-order valence-electron chi connectivity index (χ2n) is 5.83. The molecule has 2 unspecified atom stereocenters. The van der Waals surface area contributed by atoms with Gasteiger partial charge >= 0.3 is 0 Å². The lowest BCUT2D eigenvalue weighted by Gasteiger charge is -2.50. The predicted octanol–water partition coefficient (Wildman–Crippen LogP) is 1.51. The van der Waals surface area contributed by atoms with E-state index in [9.17, 15) is 9.90 Å². The monoisotopic (exact) mass is 278 g/mol. The summed E-state index contributed by atoms with van der Waals surface area (Å²) in [5.74, 6) is 0.324. The number of amides is 1. The molecule has 1 amide bonds. The van der Waals surface area contributed by atoms with Gasteiger partial charge < -0.3 is 20.9 Å². The predicted molar refractivity (Wildman–Crippen MR) is 77.6 cm³/mol. The van der Waals surface area contributed by atoms with Gasteiger partial charge in [0.1, 0.15) is 5.75 Å². The number of nitrogens with two attached hydrogens (primary N) is 1. The van der Waals surface area contributed by atoms with E-state index >= 15 is 0 Å². The van der Waals surface area contributed by atoms with Crippen molar-refractivity contribution in [1.29, 1.82) is 0 Å². The van der Waals surface area contributed by atoms with Crippen molar-refractivity contribution >= 4 is 11.6 Å². The van der Waals surface area contributed by atoms with Crippen LogP contribution >= 0.6 is 0 Å². The summed E-state index contributed by atoms with van der Waals surface area (Å²) >= 11 is 0. The molecule has 1 aromatic rings. The number of carbonyl (C=O) groups excluding carboxylic acids is 1. The molecule has 0 heterocycles. The van der Waals surface area contributed by atoms with E-state index in [1.165, 1.54) is 0 Å². The number of rotatable bonds is 6. The topological polar surface area (TPSA) is 84.6 Å². The summed E-state index contributed by atoms with van der Waals surface area (Å²) < 4.78 is 5.59. The average molecular weight is 278 g/mol. The Hall–Kier alpha value is -1.75. The van der Waals surface area contributed by atoms with Crippen LogP contribution in [0.2, 0.25) is 0 Å². The number of hydrogen-bond acceptors (Lipinski definition) is 4. The van der Waals surface area contributed by atoms with Gasteiger partial charge in [0.05, 0.1) is 24.8 Å². The molecule has 1 aliphatic rings. The summed E-state index contributed by atoms with van der Waals surface area (Å²) in [5.41, 5.74) is 5.82. The van der Waals surface area contributed by atoms with Crippen molar-refractivity contribution in [3.05, 3.63) is 24.3 Å². The first-order chi connectivity index (χ1) is 9.41. The summed E-state index contributed by atoms with van der Waals surface area (Å²) in [7, 11) is 0. The molecule has 0 saturated heterocycles. The van der Waals surface area contributed by atoms with Crippen molar-refractivity contribution in [1.82, 2.24) is 0 Å². The Labute approximate surface area is 119 Å². The first-order valence-electron chi connectivity index (χ1n) is 6.86. The molecule has 2 atom stereocenters. The molecule has 0 spiro atoms. The fraction of sp³-hybridized carbons (Fsp3) is 0.533. The van der Waals surface area contributed by atoms with Gasteiger partial charge in [-0.15, -0.1) is 0 Å². The van der Waals surface area contributed by atoms with Crippen molar-refractivity contribution in [2.45, 2.75) is 38.8 Å². The minimum Gasteiger partial charge on any atom is -0.491 e. The van der Waals surface area contributed by atoms with Crippen molar-refractivity contribution in [3.8, 4) is 5.75 Å². The molecule has 0 aromatic heterocycles. The smallest absolute Gasteiger partial charge is 0.220 e. The standard InChI is InChI=1S/C15H22N2O3/c1-15(2)12(9-13(15)18)17-10-5-3-4-6-11(10)20-8-7-14(16)19/h3-6,12-13,17-18H,7-9H2,1-2H3,(H2,16,19). The molecule has 4 N–H and O–H groups in total. The number of primary amides is 1. The largest absolute Gasteiger partial charge is 0.491 e. The van der Waals surface area contributed by atoms with Crippen LogP contribution in [-0.4, -0.2) is 29.8 Å². The molecule has 0 aliphatic heterocycles. The first kappa shape index (κ1) is 14.7. The number of benzene rings is 1. The molecule has 5 nitrogen and oxygen atoms in total. The van der Waals surface area contributed by atoms with Gasteiger partial charge in [0.2, 0.25) is 5.91 Å². The maximum absolute atomic E-state index is 10.7. The van der Waals surface area contributed by atoms with Crippen LogP contribution in [0.3, 0.4) is 0 Å². The van der Waals surface area contributed by atoms with E-state index in [4.69, 9.17) is 10.5 Å². The highest BCUT2D eigenvalue weighted by Crippen LogP contribution is 2.43. The quantitative estimate of drug-likeness (QED) is 0.736. The zero-order chi connectivity index (χ0) is 14.8. The normalized spacial score (nSPS) is 23.8. The number of hydrogen-bond donors (Lipinski definition) is 3. The van der Waals surface area contributed by atoms with Crippen LogP contribution in [0.5, 0.6) is 5.75 Å². The third kappa shape index (κ3) is 3.04. The Morgan fingerprint density at radius 2 is 2.20 bits per heavy atom. The molecule has 20 heavy (non-hydrogen) atoms. The second kappa shape index (κ2) is 5.71. The van der Waals surface area contributed by atoms with Crippen LogP contribution in [0.15, 0.2) is 24.3 Å². The summed E-state index contributed by atoms with van der Waals surface area (Å²) in [5, 5.41) is 13.2. The number of nitrogens with one attached hydrogen (secondary N) is 1. The Balaban J connectivity index is 1.99. The SMILES string of the molecule is CC1(C)C(O)CC1Nc1ccccc1OCCC(N)=O. The molecule has 1 saturated carbocycles. The van der Waals surface area contributed by atoms with E-state index in [-0.39, 0.29) is 36.5 Å². The lowest BCUT2D eigenvalue weighted by atomic mass is 9.64. The first-order valence-corrected chi connectivity index (χ1v) is 6.86. The molecule has 110 valence electrons. The third-order valence-electron chi connectivity index (χ3n) is 4.04. The lowest BCUT2D eigenvalue weighted by Crippen LogP contribution is -2.56. The maximum Gasteiger partial charge on any atom is 0.220 e. The number of para-hydroxylation sites is 2. The Morgan fingerprint density at radius 1 is 1.50 bits per heavy atom. The van der Waals surface area contributed by atoms with Crippen molar-refractivity contribution in [2.24, 2.45) is 11.1 Å². The van der Waals surface area contributed by atoms with Crippen LogP contribution in [-0.2, 0) is 4.79 Å². The van der Waals surface area contributed by atoms with Gasteiger partial charge in [0.15, 0.2) is 0 Å². The lowest BCUT2D eigenvalue weighted by molar-refractivity contribution is -0.118. The minimum absolute atomic E-state index is 0.152. The van der Waals surface area contributed by atoms with E-state index in [1.807, 2.05) is 38.1 Å². The fourth-order valence-electron chi connectivity index (χ4n) is 2.31. The van der Waals surface area contributed by atoms with E-state index in [1.54, 1.807) is 0 Å². The van der Waals surface area contributed by atoms with E-state index in [0.29, 0.717) is 5.75 Å². The molecule has 0 radical (unpaired) electrons. The zero-order valence-corrected chi connectivity index (χ0v) is 11.9. The van der Waals surface area contributed by atoms with E-state index in [2.05, 4.69) is 5.32 Å². The zero-order valence-electron chi connectivity index (χ0n) is 11.9. The van der Waals surface area contributed by atoms with E-state index < -0.39 is 0 Å². The van der Waals surface area contributed by atoms with Crippen LogP contribution < -0.4 is 15.8 Å². The number of aliphatic hydroxyl groups excluding tert-OH is 1. The third-order valence-corrected chi connectivity index (χ3v) is 4.04. The average Bonchev–Trinajstić information content (AvgIpc) is 2.40. The maximum atomic E-state index is 10.7. The van der Waals surface area contributed by atoms with Gasteiger partial charge in [0, 0.05) is 11.5 Å². The number of carbonyl (C=O) groups is 1. The van der Waals surface area contributed by atoms with Crippen molar-refractivity contribution in [2.75, 3.05) is 11.9 Å². The number of anilines is 1. The molecule has 0 bridgehead atoms. The van der Waals surface area contributed by atoms with E-state index in [0.717, 1.165) is 12.1 Å². The number of aliphatic hydroxyl groups is 1. The summed E-state index contributed by atoms with van der Waals surface area (Å²) in [6.45, 7) is 4.34. The van der Waals surface area contributed by atoms with Gasteiger partial charge in [-0.2, -0.15) is 0 Å². The van der Waals surface area contributed by atoms with Gasteiger partial charge in [-0.25, -0.2) is 0 Å². The van der Waals surface area contributed by atoms with Gasteiger partial charge in [-0.1, -0.05) is 26.0 Å². The summed E-state index contributed by atoms with van der Waals surface area (Å²) in [6, 6.07) is 7.79. The molecule has 2 rings (SSSR count). The number of ether oxygens (including phenoxy) is 1. The van der Waals surface area contributed by atoms with Crippen LogP contribution in [0.25, 0.3) is 0 Å². The highest BCUT2D eigenvalue weighted by atomic mass is 16.5. The summed E-state index contributed by atoms with van der Waals surface area (Å²) in [4.78, 5) is 10.7. The highest BCUT2D eigenvalue weighted by molar-refractivity contribution is 5.73. The Morgan fingerprint density at radius 3 is 2.80 bits per heavy atom. The van der Waals surface area contributed by atoms with Crippen LogP contribution in [0.1, 0.15) is 26.7 Å². The van der Waals surface area contributed by atoms with Crippen LogP contribution in [0.4, 0.5) is 5.69 Å². The van der Waals surface area contributed by atoms with Crippen molar-refractivity contribution < 1.29 is 14.6 Å². The molecule has 1 aromatic carbocycles. The molecular weight excluding hydrogens is 256 g/mol. The van der Waals surface area contributed by atoms with Crippen molar-refractivity contribution in [3.63, 3.8) is 0 Å². The van der Waals surface area contributed by atoms with Gasteiger partial charge in [0.25, 0.3) is 0 Å². The Bertz CT molecular complexity index is 488. The van der Waals surface area contributed by atoms with Gasteiger partial charge in [-0.3, -0.25) is 4.79 Å². The molecule has 1 aliphatic carbocycles. The van der Waals surface area contributed by atoms with Gasteiger partial charge in [-0.05, 0) is 18.6 Å². The molecule has 5 heteroatoms. The summed E-state index contributed by atoms with van der Waals surface area (Å²) in [6.07, 6.45) is 0.646. The molecular formula is C15H22N2O3. The minimum atomic E-state index is -0.376. The van der Waals surface area contributed by atoms with Crippen LogP contribution in [0, 0.1) is 5.41 Å². The Kier molecular flexibility index (Phi) is 4.18. The fourth-order valence-corrected chi connectivity index (χ4v) is 2.31.